The van der Waals surface area contributed by atoms with Crippen LogP contribution in [0.25, 0.3) is 10.9 Å². The third kappa shape index (κ3) is 2.93. The molecular formula is C14H17N3O2. The van der Waals surface area contributed by atoms with Gasteiger partial charge in [0.15, 0.2) is 0 Å². The van der Waals surface area contributed by atoms with Crippen molar-refractivity contribution in [2.75, 3.05) is 6.61 Å². The molecule has 19 heavy (non-hydrogen) atoms. The molecule has 0 saturated heterocycles. The highest BCUT2D eigenvalue weighted by Gasteiger charge is 2.04. The molecule has 0 spiro atoms. The molecule has 5 nitrogen and oxygen atoms in total. The van der Waals surface area contributed by atoms with E-state index in [9.17, 15) is 4.79 Å². The van der Waals surface area contributed by atoms with Crippen LogP contribution in [0.3, 0.4) is 0 Å². The van der Waals surface area contributed by atoms with Gasteiger partial charge in [-0.05, 0) is 18.9 Å². The molecule has 0 aliphatic carbocycles. The van der Waals surface area contributed by atoms with Gasteiger partial charge in [-0.1, -0.05) is 25.1 Å². The first-order valence-electron chi connectivity index (χ1n) is 6.31. The summed E-state index contributed by atoms with van der Waals surface area (Å²) in [5.41, 5.74) is 5.62. The van der Waals surface area contributed by atoms with Gasteiger partial charge in [-0.3, -0.25) is 0 Å². The molecule has 1 aromatic heterocycles. The molecule has 100 valence electrons. The Balaban J connectivity index is 2.18. The van der Waals surface area contributed by atoms with Crippen LogP contribution in [0.4, 0.5) is 4.79 Å². The van der Waals surface area contributed by atoms with Crippen LogP contribution in [-0.4, -0.2) is 23.9 Å². The number of carbonyl (C=O) groups is 1. The second kappa shape index (κ2) is 6.04. The maximum Gasteiger partial charge on any atom is 0.427 e. The van der Waals surface area contributed by atoms with E-state index in [0.29, 0.717) is 6.61 Å². The Morgan fingerprint density at radius 1 is 1.47 bits per heavy atom. The van der Waals surface area contributed by atoms with Crippen molar-refractivity contribution in [2.24, 2.45) is 5.10 Å². The maximum absolute atomic E-state index is 11.1. The van der Waals surface area contributed by atoms with Crippen LogP contribution >= 0.6 is 0 Å². The maximum atomic E-state index is 11.1. The van der Waals surface area contributed by atoms with Gasteiger partial charge in [0.25, 0.3) is 0 Å². The number of fused-ring (bicyclic) bond motifs is 1. The van der Waals surface area contributed by atoms with E-state index in [0.717, 1.165) is 22.9 Å². The van der Waals surface area contributed by atoms with Crippen molar-refractivity contribution in [2.45, 2.75) is 20.3 Å². The lowest BCUT2D eigenvalue weighted by molar-refractivity contribution is 0.152. The Morgan fingerprint density at radius 2 is 2.32 bits per heavy atom. The second-order valence-corrected chi connectivity index (χ2v) is 4.03. The summed E-state index contributed by atoms with van der Waals surface area (Å²) in [6.45, 7) is 4.19. The predicted molar refractivity (Wildman–Crippen MR) is 75.4 cm³/mol. The Labute approximate surface area is 111 Å². The standard InChI is InChI=1S/C14H17N3O2/c1-3-10-6-5-7-12-11(8-15-13(10)12)9-16-17-14(18)19-4-2/h5-9,15H,3-4H2,1-2H3,(H,17,18). The van der Waals surface area contributed by atoms with Gasteiger partial charge in [0, 0.05) is 22.7 Å². The number of nitrogens with one attached hydrogen (secondary N) is 2. The molecule has 0 aliphatic rings. The SMILES string of the molecule is CCOC(=O)NN=Cc1c[nH]c2c(CC)cccc12. The van der Waals surface area contributed by atoms with Crippen LogP contribution in [0, 0.1) is 0 Å². The van der Waals surface area contributed by atoms with Gasteiger partial charge >= 0.3 is 6.09 Å². The van der Waals surface area contributed by atoms with Crippen LogP contribution in [-0.2, 0) is 11.2 Å². The number of para-hydroxylation sites is 1. The number of aromatic amines is 1. The largest absolute Gasteiger partial charge is 0.449 e. The fourth-order valence-corrected chi connectivity index (χ4v) is 1.96. The molecule has 0 fully saturated rings. The average molecular weight is 259 g/mol. The van der Waals surface area contributed by atoms with Crippen molar-refractivity contribution in [1.82, 2.24) is 10.4 Å². The molecule has 0 aliphatic heterocycles. The molecule has 0 bridgehead atoms. The van der Waals surface area contributed by atoms with Gasteiger partial charge in [-0.2, -0.15) is 5.10 Å². The Kier molecular flexibility index (Phi) is 4.18. The van der Waals surface area contributed by atoms with E-state index in [1.807, 2.05) is 18.3 Å². The van der Waals surface area contributed by atoms with Crippen LogP contribution in [0.5, 0.6) is 0 Å². The number of aryl methyl sites for hydroxylation is 1. The fourth-order valence-electron chi connectivity index (χ4n) is 1.96. The number of amides is 1. The molecule has 1 heterocycles. The number of ether oxygens (including phenoxy) is 1. The zero-order valence-electron chi connectivity index (χ0n) is 11.1. The molecule has 1 aromatic carbocycles. The third-order valence-electron chi connectivity index (χ3n) is 2.85. The number of aromatic nitrogens is 1. The van der Waals surface area contributed by atoms with Gasteiger partial charge in [-0.15, -0.1) is 0 Å². The van der Waals surface area contributed by atoms with Gasteiger partial charge in [-0.25, -0.2) is 10.2 Å². The van der Waals surface area contributed by atoms with Crippen molar-refractivity contribution < 1.29 is 9.53 Å². The summed E-state index contributed by atoms with van der Waals surface area (Å²) < 4.78 is 4.71. The van der Waals surface area contributed by atoms with Crippen LogP contribution in [0.1, 0.15) is 25.0 Å². The van der Waals surface area contributed by atoms with E-state index >= 15 is 0 Å². The molecule has 0 atom stereocenters. The summed E-state index contributed by atoms with van der Waals surface area (Å²) in [4.78, 5) is 14.3. The van der Waals surface area contributed by atoms with Crippen LogP contribution in [0.15, 0.2) is 29.5 Å². The van der Waals surface area contributed by atoms with Crippen molar-refractivity contribution >= 4 is 23.2 Å². The van der Waals surface area contributed by atoms with E-state index in [1.165, 1.54) is 5.56 Å². The smallest absolute Gasteiger partial charge is 0.427 e. The molecule has 2 aromatic rings. The summed E-state index contributed by atoms with van der Waals surface area (Å²) in [5, 5.41) is 4.96. The van der Waals surface area contributed by atoms with Gasteiger partial charge in [0.05, 0.1) is 12.8 Å². The van der Waals surface area contributed by atoms with Gasteiger partial charge in [0.1, 0.15) is 0 Å². The molecular weight excluding hydrogens is 242 g/mol. The van der Waals surface area contributed by atoms with Crippen molar-refractivity contribution in [3.8, 4) is 0 Å². The lowest BCUT2D eigenvalue weighted by Gasteiger charge is -1.99. The Hall–Kier alpha value is -2.30. The van der Waals surface area contributed by atoms with E-state index in [-0.39, 0.29) is 0 Å². The molecule has 0 saturated carbocycles. The highest BCUT2D eigenvalue weighted by Crippen LogP contribution is 2.20. The zero-order valence-corrected chi connectivity index (χ0v) is 11.1. The molecule has 0 unspecified atom stereocenters. The number of H-pyrrole nitrogens is 1. The van der Waals surface area contributed by atoms with Gasteiger partial charge < -0.3 is 9.72 Å². The number of nitrogens with zero attached hydrogens (tertiary/aromatic N) is 1. The number of hydrogen-bond acceptors (Lipinski definition) is 3. The van der Waals surface area contributed by atoms with E-state index in [1.54, 1.807) is 13.1 Å². The van der Waals surface area contributed by atoms with Crippen molar-refractivity contribution in [3.63, 3.8) is 0 Å². The number of hydrogen-bond donors (Lipinski definition) is 2. The number of carbonyl (C=O) groups excluding carboxylic acids is 1. The van der Waals surface area contributed by atoms with Crippen LogP contribution in [0.2, 0.25) is 0 Å². The lowest BCUT2D eigenvalue weighted by atomic mass is 10.1. The first kappa shape index (κ1) is 13.1. The predicted octanol–water partition coefficient (Wildman–Crippen LogP) is 2.81. The normalized spacial score (nSPS) is 11.1. The highest BCUT2D eigenvalue weighted by atomic mass is 16.5. The number of rotatable bonds is 4. The summed E-state index contributed by atoms with van der Waals surface area (Å²) in [7, 11) is 0. The highest BCUT2D eigenvalue weighted by molar-refractivity contribution is 6.00. The van der Waals surface area contributed by atoms with E-state index < -0.39 is 6.09 Å². The molecule has 1 amide bonds. The topological polar surface area (TPSA) is 66.5 Å². The van der Waals surface area contributed by atoms with E-state index in [2.05, 4.69) is 28.5 Å². The summed E-state index contributed by atoms with van der Waals surface area (Å²) in [6, 6.07) is 6.14. The van der Waals surface area contributed by atoms with Crippen LogP contribution < -0.4 is 5.43 Å². The summed E-state index contributed by atoms with van der Waals surface area (Å²) >= 11 is 0. The van der Waals surface area contributed by atoms with Gasteiger partial charge in [0.2, 0.25) is 0 Å². The Morgan fingerprint density at radius 3 is 3.05 bits per heavy atom. The number of hydrazone groups is 1. The third-order valence-corrected chi connectivity index (χ3v) is 2.85. The summed E-state index contributed by atoms with van der Waals surface area (Å²) in [6.07, 6.45) is 3.90. The molecule has 5 heteroatoms. The van der Waals surface area contributed by atoms with E-state index in [4.69, 9.17) is 4.74 Å². The molecule has 2 N–H and O–H groups in total. The lowest BCUT2D eigenvalue weighted by Crippen LogP contribution is -2.18. The number of benzene rings is 1. The first-order valence-corrected chi connectivity index (χ1v) is 6.31. The minimum atomic E-state index is -0.548. The Bertz CT molecular complexity index is 602. The van der Waals surface area contributed by atoms with Crippen molar-refractivity contribution in [1.29, 1.82) is 0 Å². The zero-order chi connectivity index (χ0) is 13.7. The quantitative estimate of drug-likeness (QED) is 0.655. The second-order valence-electron chi connectivity index (χ2n) is 4.03. The first-order chi connectivity index (χ1) is 9.26. The minimum absolute atomic E-state index is 0.328. The van der Waals surface area contributed by atoms with Crippen molar-refractivity contribution in [3.05, 3.63) is 35.5 Å². The fraction of sp³-hybridized carbons (Fsp3) is 0.286. The minimum Gasteiger partial charge on any atom is -0.449 e. The monoisotopic (exact) mass is 259 g/mol. The summed E-state index contributed by atoms with van der Waals surface area (Å²) in [5.74, 6) is 0. The molecule has 0 radical (unpaired) electrons. The average Bonchev–Trinajstić information content (AvgIpc) is 2.82. The molecule has 2 rings (SSSR count).